The Morgan fingerprint density at radius 1 is 1.31 bits per heavy atom. The predicted molar refractivity (Wildman–Crippen MR) is 59.8 cm³/mol. The summed E-state index contributed by atoms with van der Waals surface area (Å²) in [6.45, 7) is 8.45. The summed E-state index contributed by atoms with van der Waals surface area (Å²) in [5, 5.41) is 0. The van der Waals surface area contributed by atoms with Crippen LogP contribution >= 0.6 is 0 Å². The molecule has 1 saturated carbocycles. The van der Waals surface area contributed by atoms with Crippen molar-refractivity contribution >= 4 is 11.8 Å². The van der Waals surface area contributed by atoms with Gasteiger partial charge in [0.15, 0.2) is 0 Å². The summed E-state index contributed by atoms with van der Waals surface area (Å²) in [7, 11) is 0. The highest BCUT2D eigenvalue weighted by Crippen LogP contribution is 2.67. The van der Waals surface area contributed by atoms with E-state index < -0.39 is 5.41 Å². The van der Waals surface area contributed by atoms with E-state index in [1.807, 2.05) is 0 Å². The number of fused-ring (bicyclic) bond motifs is 2. The van der Waals surface area contributed by atoms with Gasteiger partial charge in [-0.25, -0.2) is 0 Å². The molecule has 1 aliphatic carbocycles. The highest BCUT2D eigenvalue weighted by molar-refractivity contribution is 5.87. The van der Waals surface area contributed by atoms with Crippen molar-refractivity contribution < 1.29 is 14.3 Å². The van der Waals surface area contributed by atoms with Gasteiger partial charge in [0, 0.05) is 11.8 Å². The molecule has 0 radical (unpaired) electrons. The van der Waals surface area contributed by atoms with E-state index in [-0.39, 0.29) is 22.6 Å². The van der Waals surface area contributed by atoms with Crippen LogP contribution in [0.1, 0.15) is 47.0 Å². The summed E-state index contributed by atoms with van der Waals surface area (Å²) in [6.07, 6.45) is 2.09. The lowest BCUT2D eigenvalue weighted by Crippen LogP contribution is -2.54. The van der Waals surface area contributed by atoms with Crippen molar-refractivity contribution in [2.24, 2.45) is 16.2 Å². The molecule has 0 aromatic rings. The SMILES string of the molecule is CC(=O)C[C@@]12CC[C@@](C)(COC1=O)C2(C)C. The first-order valence-electron chi connectivity index (χ1n) is 5.92. The molecule has 2 bridgehead atoms. The monoisotopic (exact) mass is 224 g/mol. The third kappa shape index (κ3) is 1.14. The van der Waals surface area contributed by atoms with Crippen LogP contribution in [-0.4, -0.2) is 18.4 Å². The quantitative estimate of drug-likeness (QED) is 0.676. The molecule has 2 rings (SSSR count). The van der Waals surface area contributed by atoms with Crippen LogP contribution in [0.2, 0.25) is 0 Å². The van der Waals surface area contributed by atoms with Crippen LogP contribution in [0, 0.1) is 16.2 Å². The van der Waals surface area contributed by atoms with E-state index in [1.165, 1.54) is 0 Å². The van der Waals surface area contributed by atoms with Crippen LogP contribution in [0.3, 0.4) is 0 Å². The maximum Gasteiger partial charge on any atom is 0.313 e. The lowest BCUT2D eigenvalue weighted by atomic mass is 9.56. The van der Waals surface area contributed by atoms with Gasteiger partial charge in [-0.15, -0.1) is 0 Å². The number of hydrogen-bond acceptors (Lipinski definition) is 3. The first-order chi connectivity index (χ1) is 7.25. The Morgan fingerprint density at radius 3 is 2.50 bits per heavy atom. The third-order valence-corrected chi connectivity index (χ3v) is 5.27. The minimum Gasteiger partial charge on any atom is -0.465 e. The zero-order valence-electron chi connectivity index (χ0n) is 10.6. The minimum atomic E-state index is -0.578. The van der Waals surface area contributed by atoms with Crippen LogP contribution in [0.25, 0.3) is 0 Å². The van der Waals surface area contributed by atoms with Crippen molar-refractivity contribution in [3.8, 4) is 0 Å². The van der Waals surface area contributed by atoms with Crippen LogP contribution < -0.4 is 0 Å². The van der Waals surface area contributed by atoms with Gasteiger partial charge in [0.1, 0.15) is 5.78 Å². The maximum atomic E-state index is 12.1. The van der Waals surface area contributed by atoms with Crippen LogP contribution in [0.4, 0.5) is 0 Å². The molecular weight excluding hydrogens is 204 g/mol. The second kappa shape index (κ2) is 3.08. The molecule has 3 nitrogen and oxygen atoms in total. The molecule has 1 aliphatic heterocycles. The summed E-state index contributed by atoms with van der Waals surface area (Å²) >= 11 is 0. The average Bonchev–Trinajstić information content (AvgIpc) is 2.31. The fraction of sp³-hybridized carbons (Fsp3) is 0.846. The molecule has 0 spiro atoms. The van der Waals surface area contributed by atoms with Crippen LogP contribution in [0.15, 0.2) is 0 Å². The Labute approximate surface area is 96.5 Å². The molecule has 1 saturated heterocycles. The van der Waals surface area contributed by atoms with Crippen molar-refractivity contribution in [1.29, 1.82) is 0 Å². The normalized spacial score (nSPS) is 40.6. The zero-order valence-corrected chi connectivity index (χ0v) is 10.6. The van der Waals surface area contributed by atoms with Gasteiger partial charge in [-0.3, -0.25) is 9.59 Å². The fourth-order valence-electron chi connectivity index (χ4n) is 3.47. The molecule has 2 aliphatic rings. The molecule has 90 valence electrons. The molecule has 0 aromatic heterocycles. The van der Waals surface area contributed by atoms with E-state index in [0.29, 0.717) is 13.0 Å². The van der Waals surface area contributed by atoms with Crippen LogP contribution in [-0.2, 0) is 14.3 Å². The van der Waals surface area contributed by atoms with Gasteiger partial charge in [-0.2, -0.15) is 0 Å². The molecule has 2 atom stereocenters. The summed E-state index contributed by atoms with van der Waals surface area (Å²) < 4.78 is 5.32. The Hall–Kier alpha value is -0.860. The molecule has 1 heterocycles. The van der Waals surface area contributed by atoms with E-state index in [2.05, 4.69) is 20.8 Å². The van der Waals surface area contributed by atoms with Crippen LogP contribution in [0.5, 0.6) is 0 Å². The predicted octanol–water partition coefficient (Wildman–Crippen LogP) is 2.33. The lowest BCUT2D eigenvalue weighted by Gasteiger charge is -2.50. The standard InChI is InChI=1S/C13H20O3/c1-9(14)7-13-6-5-12(4,11(13,2)3)8-16-10(13)15/h5-8H2,1-4H3/t12-,13-/m0/s1. The smallest absolute Gasteiger partial charge is 0.313 e. The van der Waals surface area contributed by atoms with Crippen molar-refractivity contribution in [3.63, 3.8) is 0 Å². The largest absolute Gasteiger partial charge is 0.465 e. The molecule has 0 aromatic carbocycles. The second-order valence-corrected chi connectivity index (χ2v) is 6.22. The Bertz CT molecular complexity index is 358. The number of rotatable bonds is 2. The third-order valence-electron chi connectivity index (χ3n) is 5.27. The Balaban J connectivity index is 2.48. The summed E-state index contributed by atoms with van der Waals surface area (Å²) in [4.78, 5) is 23.5. The number of carbonyl (C=O) groups excluding carboxylic acids is 2. The van der Waals surface area contributed by atoms with Gasteiger partial charge in [-0.1, -0.05) is 20.8 Å². The van der Waals surface area contributed by atoms with E-state index in [4.69, 9.17) is 4.74 Å². The zero-order chi connectivity index (χ0) is 12.2. The van der Waals surface area contributed by atoms with Gasteiger partial charge in [-0.05, 0) is 25.2 Å². The van der Waals surface area contributed by atoms with Crippen molar-refractivity contribution in [3.05, 3.63) is 0 Å². The van der Waals surface area contributed by atoms with Crippen molar-refractivity contribution in [1.82, 2.24) is 0 Å². The molecule has 3 heteroatoms. The molecule has 0 amide bonds. The fourth-order valence-corrected chi connectivity index (χ4v) is 3.47. The number of Topliss-reactive ketones (excluding diaryl/α,β-unsaturated/α-hetero) is 1. The molecule has 16 heavy (non-hydrogen) atoms. The highest BCUT2D eigenvalue weighted by atomic mass is 16.5. The van der Waals surface area contributed by atoms with E-state index in [9.17, 15) is 9.59 Å². The summed E-state index contributed by atoms with van der Waals surface area (Å²) in [5.41, 5.74) is -0.705. The van der Waals surface area contributed by atoms with Crippen molar-refractivity contribution in [2.45, 2.75) is 47.0 Å². The number of ketones is 1. The van der Waals surface area contributed by atoms with Gasteiger partial charge in [0.05, 0.1) is 12.0 Å². The first kappa shape index (κ1) is 11.6. The number of ether oxygens (including phenoxy) is 1. The number of hydrogen-bond donors (Lipinski definition) is 0. The lowest BCUT2D eigenvalue weighted by molar-refractivity contribution is -0.188. The summed E-state index contributed by atoms with van der Waals surface area (Å²) in [5.74, 6) is -0.0844. The van der Waals surface area contributed by atoms with Gasteiger partial charge >= 0.3 is 5.97 Å². The van der Waals surface area contributed by atoms with Gasteiger partial charge in [0.2, 0.25) is 0 Å². The minimum absolute atomic E-state index is 0.0242. The Morgan fingerprint density at radius 2 is 1.94 bits per heavy atom. The molecular formula is C13H20O3. The van der Waals surface area contributed by atoms with Gasteiger partial charge < -0.3 is 4.74 Å². The topological polar surface area (TPSA) is 43.4 Å². The van der Waals surface area contributed by atoms with Gasteiger partial charge in [0.25, 0.3) is 0 Å². The number of esters is 1. The first-order valence-corrected chi connectivity index (χ1v) is 5.92. The maximum absolute atomic E-state index is 12.1. The number of cyclic esters (lactones) is 1. The highest BCUT2D eigenvalue weighted by Gasteiger charge is 2.68. The number of carbonyl (C=O) groups is 2. The van der Waals surface area contributed by atoms with E-state index in [1.54, 1.807) is 6.92 Å². The summed E-state index contributed by atoms with van der Waals surface area (Å²) in [6, 6.07) is 0. The Kier molecular flexibility index (Phi) is 2.24. The molecule has 0 unspecified atom stereocenters. The second-order valence-electron chi connectivity index (χ2n) is 6.22. The molecule has 2 fully saturated rings. The van der Waals surface area contributed by atoms with E-state index in [0.717, 1.165) is 12.8 Å². The van der Waals surface area contributed by atoms with Crippen molar-refractivity contribution in [2.75, 3.05) is 6.61 Å². The average molecular weight is 224 g/mol. The van der Waals surface area contributed by atoms with E-state index >= 15 is 0 Å². The molecule has 0 N–H and O–H groups in total.